The first-order chi connectivity index (χ1) is 13.6. The van der Waals surface area contributed by atoms with Crippen LogP contribution in [0, 0.1) is 0 Å². The van der Waals surface area contributed by atoms with E-state index in [-0.39, 0.29) is 24.8 Å². The number of hydrogen-bond donors (Lipinski definition) is 0. The van der Waals surface area contributed by atoms with Gasteiger partial charge in [-0.05, 0) is 42.0 Å². The summed E-state index contributed by atoms with van der Waals surface area (Å²) in [6, 6.07) is 11.2. The highest BCUT2D eigenvalue weighted by molar-refractivity contribution is 6.30. The first kappa shape index (κ1) is 20.9. The number of carbonyl (C=O) groups is 2. The highest BCUT2D eigenvalue weighted by Crippen LogP contribution is 2.29. The second-order valence-electron chi connectivity index (χ2n) is 6.50. The van der Waals surface area contributed by atoms with Crippen LogP contribution in [0.2, 0.25) is 5.02 Å². The molecule has 29 heavy (non-hydrogen) atoms. The molecule has 2 aromatic carbocycles. The molecule has 0 bridgehead atoms. The van der Waals surface area contributed by atoms with Crippen LogP contribution in [-0.4, -0.2) is 36.1 Å². The lowest BCUT2D eigenvalue weighted by molar-refractivity contribution is -0.137. The Morgan fingerprint density at radius 3 is 2.31 bits per heavy atom. The lowest BCUT2D eigenvalue weighted by Gasteiger charge is -2.26. The van der Waals surface area contributed by atoms with Crippen LogP contribution in [0.4, 0.5) is 18.9 Å². The molecule has 3 rings (SSSR count). The molecule has 0 spiro atoms. The second-order valence-corrected chi connectivity index (χ2v) is 6.94. The van der Waals surface area contributed by atoms with Gasteiger partial charge in [0.15, 0.2) is 0 Å². The molecule has 0 atom stereocenters. The summed E-state index contributed by atoms with van der Waals surface area (Å²) in [6.45, 7) is -0.276. The Morgan fingerprint density at radius 1 is 1.10 bits per heavy atom. The van der Waals surface area contributed by atoms with Gasteiger partial charge in [-0.15, -0.1) is 0 Å². The zero-order valence-corrected chi connectivity index (χ0v) is 16.2. The van der Waals surface area contributed by atoms with Gasteiger partial charge in [-0.1, -0.05) is 23.7 Å². The molecule has 0 aliphatic carbocycles. The fourth-order valence-electron chi connectivity index (χ4n) is 2.83. The molecule has 0 saturated heterocycles. The Balaban J connectivity index is 1.75. The van der Waals surface area contributed by atoms with E-state index in [9.17, 15) is 22.8 Å². The molecule has 0 aromatic heterocycles. The molecule has 0 N–H and O–H groups in total. The van der Waals surface area contributed by atoms with Crippen LogP contribution in [0.3, 0.4) is 0 Å². The second kappa shape index (κ2) is 8.24. The molecule has 0 fully saturated rings. The monoisotopic (exact) mass is 423 g/mol. The van der Waals surface area contributed by atoms with Gasteiger partial charge in [0.25, 0.3) is 0 Å². The SMILES string of the molecule is CN(C(=O)CN1N=C(c2ccc(C(F)(F)F)cc2)CCC1=O)c1ccc(Cl)cc1. The zero-order valence-electron chi connectivity index (χ0n) is 15.4. The minimum atomic E-state index is -4.42. The highest BCUT2D eigenvalue weighted by atomic mass is 35.5. The van der Waals surface area contributed by atoms with Gasteiger partial charge >= 0.3 is 6.18 Å². The average molecular weight is 424 g/mol. The van der Waals surface area contributed by atoms with Crippen molar-refractivity contribution in [1.82, 2.24) is 5.01 Å². The van der Waals surface area contributed by atoms with Crippen molar-refractivity contribution in [3.63, 3.8) is 0 Å². The maximum absolute atomic E-state index is 12.7. The quantitative estimate of drug-likeness (QED) is 0.734. The van der Waals surface area contributed by atoms with E-state index in [1.807, 2.05) is 0 Å². The van der Waals surface area contributed by atoms with Crippen molar-refractivity contribution in [2.45, 2.75) is 19.0 Å². The third kappa shape index (κ3) is 4.95. The van der Waals surface area contributed by atoms with Gasteiger partial charge in [-0.2, -0.15) is 18.3 Å². The Labute approximate surface area is 170 Å². The largest absolute Gasteiger partial charge is 0.416 e. The predicted molar refractivity (Wildman–Crippen MR) is 104 cm³/mol. The van der Waals surface area contributed by atoms with Gasteiger partial charge in [-0.25, -0.2) is 5.01 Å². The van der Waals surface area contributed by atoms with Gasteiger partial charge in [-0.3, -0.25) is 9.59 Å². The molecular formula is C20H17ClF3N3O2. The number of hydrogen-bond acceptors (Lipinski definition) is 3. The van der Waals surface area contributed by atoms with Crippen molar-refractivity contribution < 1.29 is 22.8 Å². The van der Waals surface area contributed by atoms with Crippen molar-refractivity contribution in [2.75, 3.05) is 18.5 Å². The standard InChI is InChI=1S/C20H17ClF3N3O2/c1-26(16-8-6-15(21)7-9-16)19(29)12-27-18(28)11-10-17(25-27)13-2-4-14(5-3-13)20(22,23)24/h2-9H,10-12H2,1H3. The van der Waals surface area contributed by atoms with Crippen LogP contribution in [0.15, 0.2) is 53.6 Å². The van der Waals surface area contributed by atoms with Crippen molar-refractivity contribution >= 4 is 34.8 Å². The highest BCUT2D eigenvalue weighted by Gasteiger charge is 2.30. The normalized spacial score (nSPS) is 14.6. The molecule has 1 heterocycles. The molecule has 9 heteroatoms. The number of halogens is 4. The van der Waals surface area contributed by atoms with Crippen LogP contribution < -0.4 is 4.90 Å². The fraction of sp³-hybridized carbons (Fsp3) is 0.250. The van der Waals surface area contributed by atoms with Crippen LogP contribution >= 0.6 is 11.6 Å². The number of likely N-dealkylation sites (N-methyl/N-ethyl adjacent to an activating group) is 1. The maximum Gasteiger partial charge on any atom is 0.416 e. The minimum absolute atomic E-state index is 0.123. The predicted octanol–water partition coefficient (Wildman–Crippen LogP) is 4.35. The van der Waals surface area contributed by atoms with Gasteiger partial charge < -0.3 is 4.90 Å². The lowest BCUT2D eigenvalue weighted by Crippen LogP contribution is -2.41. The average Bonchev–Trinajstić information content (AvgIpc) is 2.69. The summed E-state index contributed by atoms with van der Waals surface area (Å²) in [5.41, 5.74) is 0.787. The molecule has 2 amide bonds. The van der Waals surface area contributed by atoms with Gasteiger partial charge in [0.2, 0.25) is 11.8 Å². The van der Waals surface area contributed by atoms with Crippen LogP contribution in [0.25, 0.3) is 0 Å². The van der Waals surface area contributed by atoms with E-state index in [1.54, 1.807) is 31.3 Å². The van der Waals surface area contributed by atoms with E-state index in [0.717, 1.165) is 17.1 Å². The number of alkyl halides is 3. The van der Waals surface area contributed by atoms with E-state index < -0.39 is 11.7 Å². The first-order valence-corrected chi connectivity index (χ1v) is 9.10. The Kier molecular flexibility index (Phi) is 5.93. The lowest BCUT2D eigenvalue weighted by atomic mass is 10.0. The van der Waals surface area contributed by atoms with Gasteiger partial charge in [0.05, 0.1) is 11.3 Å². The Bertz CT molecular complexity index is 941. The van der Waals surface area contributed by atoms with Crippen molar-refractivity contribution in [2.24, 2.45) is 5.10 Å². The number of amides is 2. The van der Waals surface area contributed by atoms with Crippen molar-refractivity contribution in [1.29, 1.82) is 0 Å². The molecule has 0 radical (unpaired) electrons. The molecular weight excluding hydrogens is 407 g/mol. The van der Waals surface area contributed by atoms with Gasteiger partial charge in [0.1, 0.15) is 6.54 Å². The Hall–Kier alpha value is -2.87. The van der Waals surface area contributed by atoms with Crippen LogP contribution in [0.1, 0.15) is 24.0 Å². The summed E-state index contributed by atoms with van der Waals surface area (Å²) in [7, 11) is 1.57. The molecule has 0 saturated carbocycles. The van der Waals surface area contributed by atoms with Crippen molar-refractivity contribution in [3.05, 3.63) is 64.7 Å². The molecule has 152 valence electrons. The van der Waals surface area contributed by atoms with E-state index >= 15 is 0 Å². The molecule has 1 aliphatic rings. The first-order valence-electron chi connectivity index (χ1n) is 8.73. The summed E-state index contributed by atoms with van der Waals surface area (Å²) in [4.78, 5) is 26.1. The van der Waals surface area contributed by atoms with Crippen LogP contribution in [0.5, 0.6) is 0 Å². The molecule has 5 nitrogen and oxygen atoms in total. The van der Waals surface area contributed by atoms with Gasteiger partial charge in [0, 0.05) is 30.6 Å². The molecule has 1 aliphatic heterocycles. The topological polar surface area (TPSA) is 53.0 Å². The summed E-state index contributed by atoms with van der Waals surface area (Å²) >= 11 is 5.84. The number of nitrogens with zero attached hydrogens (tertiary/aromatic N) is 3. The fourth-order valence-corrected chi connectivity index (χ4v) is 2.95. The number of anilines is 1. The summed E-state index contributed by atoms with van der Waals surface area (Å²) in [5, 5.41) is 5.80. The van der Waals surface area contributed by atoms with E-state index in [0.29, 0.717) is 28.4 Å². The smallest absolute Gasteiger partial charge is 0.314 e. The summed E-state index contributed by atoms with van der Waals surface area (Å²) in [6.07, 6.45) is -4.01. The third-order valence-corrected chi connectivity index (χ3v) is 4.78. The zero-order chi connectivity index (χ0) is 21.2. The van der Waals surface area contributed by atoms with E-state index in [1.165, 1.54) is 17.0 Å². The summed E-state index contributed by atoms with van der Waals surface area (Å²) < 4.78 is 38.2. The van der Waals surface area contributed by atoms with Crippen LogP contribution in [-0.2, 0) is 15.8 Å². The summed E-state index contributed by atoms with van der Waals surface area (Å²) in [5.74, 6) is -0.684. The molecule has 2 aromatic rings. The Morgan fingerprint density at radius 2 is 1.72 bits per heavy atom. The van der Waals surface area contributed by atoms with E-state index in [4.69, 9.17) is 11.6 Å². The number of carbonyl (C=O) groups excluding carboxylic acids is 2. The number of benzene rings is 2. The minimum Gasteiger partial charge on any atom is -0.314 e. The number of hydrazone groups is 1. The maximum atomic E-state index is 12.7. The molecule has 0 unspecified atom stereocenters. The number of rotatable bonds is 4. The third-order valence-electron chi connectivity index (χ3n) is 4.52. The van der Waals surface area contributed by atoms with Crippen molar-refractivity contribution in [3.8, 4) is 0 Å². The van der Waals surface area contributed by atoms with E-state index in [2.05, 4.69) is 5.10 Å².